The van der Waals surface area contributed by atoms with Crippen LogP contribution in [0, 0.1) is 0 Å². The van der Waals surface area contributed by atoms with Crippen LogP contribution in [0.3, 0.4) is 0 Å². The summed E-state index contributed by atoms with van der Waals surface area (Å²) in [5, 5.41) is 4.58. The van der Waals surface area contributed by atoms with Gasteiger partial charge in [0, 0.05) is 11.8 Å². The molecule has 20 heavy (non-hydrogen) atoms. The Hall–Kier alpha value is -2.17. The van der Waals surface area contributed by atoms with E-state index in [2.05, 4.69) is 25.9 Å². The molecule has 2 rings (SSSR count). The van der Waals surface area contributed by atoms with Crippen molar-refractivity contribution in [3.63, 3.8) is 0 Å². The number of hydrogen-bond acceptors (Lipinski definition) is 4. The van der Waals surface area contributed by atoms with E-state index >= 15 is 0 Å². The largest absolute Gasteiger partial charge is 0.493 e. The Morgan fingerprint density at radius 3 is 2.25 bits per heavy atom. The predicted octanol–water partition coefficient (Wildman–Crippen LogP) is 2.90. The summed E-state index contributed by atoms with van der Waals surface area (Å²) < 4.78 is 12.4. The lowest BCUT2D eigenvalue weighted by Crippen LogP contribution is -2.22. The van der Waals surface area contributed by atoms with Crippen LogP contribution in [0.5, 0.6) is 11.5 Å². The summed E-state index contributed by atoms with van der Waals surface area (Å²) in [4.78, 5) is 0. The van der Waals surface area contributed by atoms with Crippen LogP contribution in [0.15, 0.2) is 24.4 Å². The molecule has 0 aliphatic rings. The van der Waals surface area contributed by atoms with Crippen molar-refractivity contribution in [2.24, 2.45) is 0 Å². The normalized spacial score (nSPS) is 11.4. The number of nitrogens with zero attached hydrogens (tertiary/aromatic N) is 2. The van der Waals surface area contributed by atoms with E-state index in [0.717, 1.165) is 11.3 Å². The molecule has 0 saturated heterocycles. The molecule has 2 aromatic rings. The molecule has 5 nitrogen and oxygen atoms in total. The van der Waals surface area contributed by atoms with Gasteiger partial charge < -0.3 is 15.2 Å². The second-order valence-electron chi connectivity index (χ2n) is 5.62. The van der Waals surface area contributed by atoms with E-state index in [9.17, 15) is 0 Å². The molecule has 0 spiro atoms. The summed E-state index contributed by atoms with van der Waals surface area (Å²) in [6, 6.07) is 5.65. The smallest absolute Gasteiger partial charge is 0.161 e. The number of aromatic nitrogens is 2. The molecular formula is C15H21N3O2. The van der Waals surface area contributed by atoms with Crippen molar-refractivity contribution < 1.29 is 9.47 Å². The van der Waals surface area contributed by atoms with Gasteiger partial charge in [-0.05, 0) is 39.0 Å². The van der Waals surface area contributed by atoms with Crippen molar-refractivity contribution >= 4 is 5.69 Å². The zero-order valence-electron chi connectivity index (χ0n) is 12.6. The van der Waals surface area contributed by atoms with Crippen molar-refractivity contribution in [3.8, 4) is 22.8 Å². The highest BCUT2D eigenvalue weighted by atomic mass is 16.5. The van der Waals surface area contributed by atoms with E-state index in [0.29, 0.717) is 17.2 Å². The van der Waals surface area contributed by atoms with Crippen LogP contribution in [0.2, 0.25) is 0 Å². The first-order valence-electron chi connectivity index (χ1n) is 6.45. The van der Waals surface area contributed by atoms with Crippen molar-refractivity contribution in [2.75, 3.05) is 20.0 Å². The molecular weight excluding hydrogens is 254 g/mol. The van der Waals surface area contributed by atoms with Gasteiger partial charge in [0.1, 0.15) is 5.69 Å². The topological polar surface area (TPSA) is 62.3 Å². The summed E-state index contributed by atoms with van der Waals surface area (Å²) in [5.74, 6) is 1.35. The van der Waals surface area contributed by atoms with Crippen LogP contribution in [-0.4, -0.2) is 24.0 Å². The Kier molecular flexibility index (Phi) is 3.61. The molecule has 0 aliphatic heterocycles. The van der Waals surface area contributed by atoms with Gasteiger partial charge in [-0.3, -0.25) is 4.68 Å². The van der Waals surface area contributed by atoms with E-state index in [1.54, 1.807) is 14.2 Å². The van der Waals surface area contributed by atoms with Crippen LogP contribution >= 0.6 is 0 Å². The molecule has 1 aromatic carbocycles. The Balaban J connectivity index is 2.49. The minimum absolute atomic E-state index is 0.108. The monoisotopic (exact) mass is 275 g/mol. The van der Waals surface area contributed by atoms with Crippen molar-refractivity contribution in [2.45, 2.75) is 26.3 Å². The number of benzene rings is 1. The third-order valence-electron chi connectivity index (χ3n) is 3.09. The van der Waals surface area contributed by atoms with Gasteiger partial charge in [0.25, 0.3) is 0 Å². The lowest BCUT2D eigenvalue weighted by atomic mass is 10.1. The SMILES string of the molecule is COc1ccc(-c2nn(C(C)(C)C)cc2N)cc1OC. The highest BCUT2D eigenvalue weighted by Crippen LogP contribution is 2.34. The van der Waals surface area contributed by atoms with Crippen LogP contribution in [0.1, 0.15) is 20.8 Å². The van der Waals surface area contributed by atoms with E-state index in [1.807, 2.05) is 29.1 Å². The summed E-state index contributed by atoms with van der Waals surface area (Å²) in [5.41, 5.74) is 8.27. The lowest BCUT2D eigenvalue weighted by Gasteiger charge is -2.18. The zero-order chi connectivity index (χ0) is 14.9. The summed E-state index contributed by atoms with van der Waals surface area (Å²) >= 11 is 0. The van der Waals surface area contributed by atoms with Crippen molar-refractivity contribution in [3.05, 3.63) is 24.4 Å². The number of hydrogen-bond donors (Lipinski definition) is 1. The summed E-state index contributed by atoms with van der Waals surface area (Å²) in [7, 11) is 3.22. The predicted molar refractivity (Wildman–Crippen MR) is 80.2 cm³/mol. The molecule has 0 radical (unpaired) electrons. The number of nitrogen functional groups attached to an aromatic ring is 1. The molecule has 0 aliphatic carbocycles. The Morgan fingerprint density at radius 1 is 1.10 bits per heavy atom. The first-order valence-corrected chi connectivity index (χ1v) is 6.45. The average molecular weight is 275 g/mol. The number of rotatable bonds is 3. The van der Waals surface area contributed by atoms with Gasteiger partial charge in [0.2, 0.25) is 0 Å². The molecule has 1 aromatic heterocycles. The minimum Gasteiger partial charge on any atom is -0.493 e. The second-order valence-corrected chi connectivity index (χ2v) is 5.62. The second kappa shape index (κ2) is 5.07. The first-order chi connectivity index (χ1) is 9.36. The third-order valence-corrected chi connectivity index (χ3v) is 3.09. The highest BCUT2D eigenvalue weighted by Gasteiger charge is 2.18. The molecule has 0 amide bonds. The Labute approximate surface area is 119 Å². The van der Waals surface area contributed by atoms with Gasteiger partial charge in [-0.2, -0.15) is 5.10 Å². The number of ether oxygens (including phenoxy) is 2. The number of nitrogens with two attached hydrogens (primary N) is 1. The molecule has 1 heterocycles. The van der Waals surface area contributed by atoms with Crippen molar-refractivity contribution in [1.82, 2.24) is 9.78 Å². The summed E-state index contributed by atoms with van der Waals surface area (Å²) in [6.45, 7) is 6.24. The van der Waals surface area contributed by atoms with Gasteiger partial charge >= 0.3 is 0 Å². The molecule has 0 fully saturated rings. The van der Waals surface area contributed by atoms with Crippen LogP contribution in [-0.2, 0) is 5.54 Å². The molecule has 5 heteroatoms. The minimum atomic E-state index is -0.108. The fraction of sp³-hybridized carbons (Fsp3) is 0.400. The highest BCUT2D eigenvalue weighted by molar-refractivity contribution is 5.74. The van der Waals surface area contributed by atoms with E-state index in [-0.39, 0.29) is 5.54 Å². The van der Waals surface area contributed by atoms with Crippen LogP contribution in [0.25, 0.3) is 11.3 Å². The van der Waals surface area contributed by atoms with Gasteiger partial charge in [-0.15, -0.1) is 0 Å². The fourth-order valence-electron chi connectivity index (χ4n) is 1.94. The maximum absolute atomic E-state index is 6.08. The lowest BCUT2D eigenvalue weighted by molar-refractivity contribution is 0.354. The number of anilines is 1. The van der Waals surface area contributed by atoms with Gasteiger partial charge in [0.15, 0.2) is 11.5 Å². The quantitative estimate of drug-likeness (QED) is 0.935. The molecule has 2 N–H and O–H groups in total. The molecule has 0 bridgehead atoms. The molecule has 0 saturated carbocycles. The van der Waals surface area contributed by atoms with Gasteiger partial charge in [-0.1, -0.05) is 0 Å². The third kappa shape index (κ3) is 2.57. The van der Waals surface area contributed by atoms with Crippen LogP contribution in [0.4, 0.5) is 5.69 Å². The molecule has 0 unspecified atom stereocenters. The first kappa shape index (κ1) is 14.2. The Morgan fingerprint density at radius 2 is 1.75 bits per heavy atom. The van der Waals surface area contributed by atoms with E-state index in [4.69, 9.17) is 15.2 Å². The van der Waals surface area contributed by atoms with E-state index < -0.39 is 0 Å². The van der Waals surface area contributed by atoms with Gasteiger partial charge in [0.05, 0.1) is 25.4 Å². The standard InChI is InChI=1S/C15H21N3O2/c1-15(2,3)18-9-11(16)14(17-18)10-6-7-12(19-4)13(8-10)20-5/h6-9H,16H2,1-5H3. The number of methoxy groups -OCH3 is 2. The Bertz CT molecular complexity index is 612. The van der Waals surface area contributed by atoms with E-state index in [1.165, 1.54) is 0 Å². The maximum Gasteiger partial charge on any atom is 0.161 e. The van der Waals surface area contributed by atoms with Gasteiger partial charge in [-0.25, -0.2) is 0 Å². The molecule has 108 valence electrons. The fourth-order valence-corrected chi connectivity index (χ4v) is 1.94. The summed E-state index contributed by atoms with van der Waals surface area (Å²) in [6.07, 6.45) is 1.85. The molecule has 0 atom stereocenters. The average Bonchev–Trinajstić information content (AvgIpc) is 2.80. The maximum atomic E-state index is 6.08. The zero-order valence-corrected chi connectivity index (χ0v) is 12.6. The van der Waals surface area contributed by atoms with Crippen molar-refractivity contribution in [1.29, 1.82) is 0 Å². The van der Waals surface area contributed by atoms with Crippen LogP contribution < -0.4 is 15.2 Å².